The van der Waals surface area contributed by atoms with E-state index in [9.17, 15) is 8.42 Å². The van der Waals surface area contributed by atoms with Crippen molar-refractivity contribution in [1.82, 2.24) is 4.31 Å². The molecule has 1 N–H and O–H groups in total. The number of quaternary nitrogens is 1. The molecule has 0 aromatic heterocycles. The van der Waals surface area contributed by atoms with Gasteiger partial charge in [-0.2, -0.15) is 4.31 Å². The maximum Gasteiger partial charge on any atom is 0.243 e. The molecule has 2 aromatic rings. The molecule has 24 heavy (non-hydrogen) atoms. The lowest BCUT2D eigenvalue weighted by Crippen LogP contribution is -3.13. The van der Waals surface area contributed by atoms with Crippen molar-refractivity contribution in [2.24, 2.45) is 0 Å². The zero-order valence-electron chi connectivity index (χ0n) is 13.7. The van der Waals surface area contributed by atoms with E-state index in [-0.39, 0.29) is 4.90 Å². The highest BCUT2D eigenvalue weighted by molar-refractivity contribution is 7.89. The van der Waals surface area contributed by atoms with Crippen LogP contribution in [0.1, 0.15) is 11.1 Å². The number of nitrogens with one attached hydrogen (secondary N) is 1. The average Bonchev–Trinajstić information content (AvgIpc) is 2.55. The van der Waals surface area contributed by atoms with Gasteiger partial charge in [-0.3, -0.25) is 0 Å². The van der Waals surface area contributed by atoms with Gasteiger partial charge in [-0.25, -0.2) is 8.42 Å². The monoisotopic (exact) mass is 365 g/mol. The third-order valence-corrected chi connectivity index (χ3v) is 6.53. The second-order valence-corrected chi connectivity index (χ2v) is 8.65. The van der Waals surface area contributed by atoms with E-state index in [1.807, 2.05) is 0 Å². The first-order valence-corrected chi connectivity index (χ1v) is 9.92. The van der Waals surface area contributed by atoms with Gasteiger partial charge in [0.05, 0.1) is 31.1 Å². The molecule has 3 rings (SSSR count). The van der Waals surface area contributed by atoms with Gasteiger partial charge in [0.15, 0.2) is 0 Å². The van der Waals surface area contributed by atoms with Gasteiger partial charge in [0.25, 0.3) is 0 Å². The fourth-order valence-electron chi connectivity index (χ4n) is 3.11. The summed E-state index contributed by atoms with van der Waals surface area (Å²) in [6, 6.07) is 15.0. The summed E-state index contributed by atoms with van der Waals surface area (Å²) in [4.78, 5) is 1.69. The number of aryl methyl sites for hydroxylation is 1. The zero-order valence-corrected chi connectivity index (χ0v) is 15.3. The lowest BCUT2D eigenvalue weighted by atomic mass is 10.1. The third-order valence-electron chi connectivity index (χ3n) is 4.40. The number of rotatable bonds is 4. The quantitative estimate of drug-likeness (QED) is 0.896. The van der Waals surface area contributed by atoms with Crippen molar-refractivity contribution in [3.8, 4) is 0 Å². The molecule has 0 aliphatic carbocycles. The number of piperazine rings is 1. The Kier molecular flexibility index (Phi) is 5.25. The maximum absolute atomic E-state index is 12.7. The lowest BCUT2D eigenvalue weighted by Gasteiger charge is -2.31. The summed E-state index contributed by atoms with van der Waals surface area (Å²) in [5.74, 6) is 0. The van der Waals surface area contributed by atoms with Crippen LogP contribution in [0.15, 0.2) is 53.4 Å². The number of halogens is 1. The molecule has 1 heterocycles. The highest BCUT2D eigenvalue weighted by atomic mass is 35.5. The van der Waals surface area contributed by atoms with Crippen LogP contribution < -0.4 is 4.90 Å². The Morgan fingerprint density at radius 3 is 2.46 bits per heavy atom. The van der Waals surface area contributed by atoms with Gasteiger partial charge in [-0.1, -0.05) is 47.5 Å². The number of hydrogen-bond acceptors (Lipinski definition) is 2. The molecule has 0 radical (unpaired) electrons. The summed E-state index contributed by atoms with van der Waals surface area (Å²) in [5.41, 5.74) is 2.56. The molecule has 0 atom stereocenters. The second kappa shape index (κ2) is 7.23. The standard InChI is InChI=1S/C18H21ClN2O2S/c1-15-4-2-5-16(12-15)14-20-8-10-21(11-9-20)24(22,23)18-7-3-6-17(19)13-18/h2-7,12-13H,8-11,14H2,1H3/p+1. The fraction of sp³-hybridized carbons (Fsp3) is 0.333. The Bertz CT molecular complexity index is 815. The van der Waals surface area contributed by atoms with Crippen molar-refractivity contribution < 1.29 is 13.3 Å². The molecule has 0 bridgehead atoms. The topological polar surface area (TPSA) is 41.8 Å². The van der Waals surface area contributed by atoms with Crippen molar-refractivity contribution in [2.75, 3.05) is 26.2 Å². The highest BCUT2D eigenvalue weighted by Crippen LogP contribution is 2.19. The van der Waals surface area contributed by atoms with Crippen LogP contribution in [0.25, 0.3) is 0 Å². The Balaban J connectivity index is 1.64. The summed E-state index contributed by atoms with van der Waals surface area (Å²) in [7, 11) is -3.45. The van der Waals surface area contributed by atoms with Crippen molar-refractivity contribution in [2.45, 2.75) is 18.4 Å². The molecule has 1 fully saturated rings. The van der Waals surface area contributed by atoms with E-state index in [0.717, 1.165) is 19.6 Å². The molecule has 1 aliphatic heterocycles. The molecule has 0 spiro atoms. The molecule has 1 saturated heterocycles. The van der Waals surface area contributed by atoms with Gasteiger partial charge in [0.1, 0.15) is 6.54 Å². The summed E-state index contributed by atoms with van der Waals surface area (Å²) >= 11 is 5.93. The third kappa shape index (κ3) is 3.98. The molecule has 0 unspecified atom stereocenters. The Morgan fingerprint density at radius 2 is 1.79 bits per heavy atom. The predicted octanol–water partition coefficient (Wildman–Crippen LogP) is 1.74. The summed E-state index contributed by atoms with van der Waals surface area (Å²) in [6.07, 6.45) is 0. The highest BCUT2D eigenvalue weighted by Gasteiger charge is 2.30. The van der Waals surface area contributed by atoms with Gasteiger partial charge in [-0.15, -0.1) is 0 Å². The summed E-state index contributed by atoms with van der Waals surface area (Å²) < 4.78 is 27.0. The van der Waals surface area contributed by atoms with Gasteiger partial charge >= 0.3 is 0 Å². The molecule has 1 aliphatic rings. The van der Waals surface area contributed by atoms with E-state index in [1.54, 1.807) is 22.5 Å². The van der Waals surface area contributed by atoms with E-state index >= 15 is 0 Å². The first kappa shape index (κ1) is 17.4. The molecular formula is C18H22ClN2O2S+. The minimum absolute atomic E-state index is 0.275. The number of nitrogens with zero attached hydrogens (tertiary/aromatic N) is 1. The predicted molar refractivity (Wildman–Crippen MR) is 95.8 cm³/mol. The number of benzene rings is 2. The van der Waals surface area contributed by atoms with Crippen molar-refractivity contribution in [3.63, 3.8) is 0 Å². The first-order chi connectivity index (χ1) is 11.4. The zero-order chi connectivity index (χ0) is 17.2. The largest absolute Gasteiger partial charge is 0.329 e. The van der Waals surface area contributed by atoms with Gasteiger partial charge in [0, 0.05) is 10.6 Å². The summed E-state index contributed by atoms with van der Waals surface area (Å²) in [6.45, 7) is 5.73. The molecular weight excluding hydrogens is 344 g/mol. The van der Waals surface area contributed by atoms with Crippen LogP contribution in [-0.2, 0) is 16.6 Å². The second-order valence-electron chi connectivity index (χ2n) is 6.28. The maximum atomic E-state index is 12.7. The van der Waals surface area contributed by atoms with Crippen molar-refractivity contribution >= 4 is 21.6 Å². The minimum Gasteiger partial charge on any atom is -0.329 e. The van der Waals surface area contributed by atoms with Crippen LogP contribution in [0.3, 0.4) is 0 Å². The molecule has 4 nitrogen and oxygen atoms in total. The van der Waals surface area contributed by atoms with Gasteiger partial charge in [-0.05, 0) is 25.1 Å². The van der Waals surface area contributed by atoms with E-state index in [1.165, 1.54) is 22.1 Å². The van der Waals surface area contributed by atoms with Crippen LogP contribution in [0.2, 0.25) is 5.02 Å². The van der Waals surface area contributed by atoms with Crippen molar-refractivity contribution in [3.05, 3.63) is 64.7 Å². The van der Waals surface area contributed by atoms with E-state index in [2.05, 4.69) is 31.2 Å². The van der Waals surface area contributed by atoms with Crippen LogP contribution >= 0.6 is 11.6 Å². The van der Waals surface area contributed by atoms with Crippen LogP contribution in [0, 0.1) is 6.92 Å². The molecule has 2 aromatic carbocycles. The molecule has 6 heteroatoms. The first-order valence-electron chi connectivity index (χ1n) is 8.10. The lowest BCUT2D eigenvalue weighted by molar-refractivity contribution is -0.917. The van der Waals surface area contributed by atoms with Gasteiger partial charge in [0.2, 0.25) is 10.0 Å². The molecule has 0 amide bonds. The normalized spacial score (nSPS) is 17.1. The SMILES string of the molecule is Cc1cccc(C[NH+]2CCN(S(=O)(=O)c3cccc(Cl)c3)CC2)c1. The number of sulfonamides is 1. The van der Waals surface area contributed by atoms with Gasteiger partial charge < -0.3 is 4.90 Å². The van der Waals surface area contributed by atoms with E-state index in [0.29, 0.717) is 18.1 Å². The van der Waals surface area contributed by atoms with E-state index < -0.39 is 10.0 Å². The summed E-state index contributed by atoms with van der Waals surface area (Å²) in [5, 5.41) is 0.444. The van der Waals surface area contributed by atoms with Crippen LogP contribution in [0.4, 0.5) is 0 Å². The van der Waals surface area contributed by atoms with Crippen molar-refractivity contribution in [1.29, 1.82) is 0 Å². The number of hydrogen-bond donors (Lipinski definition) is 1. The Labute approximate surface area is 148 Å². The smallest absolute Gasteiger partial charge is 0.243 e. The van der Waals surface area contributed by atoms with E-state index in [4.69, 9.17) is 11.6 Å². The van der Waals surface area contributed by atoms with Crippen LogP contribution in [0.5, 0.6) is 0 Å². The Morgan fingerprint density at radius 1 is 1.08 bits per heavy atom. The minimum atomic E-state index is -3.45. The molecule has 0 saturated carbocycles. The average molecular weight is 366 g/mol. The van der Waals surface area contributed by atoms with Crippen LogP contribution in [-0.4, -0.2) is 38.9 Å². The Hall–Kier alpha value is -1.40. The fourth-order valence-corrected chi connectivity index (χ4v) is 4.85. The molecule has 128 valence electrons.